The van der Waals surface area contributed by atoms with Gasteiger partial charge >= 0.3 is 0 Å². The van der Waals surface area contributed by atoms with Gasteiger partial charge in [0.05, 0.1) is 24.1 Å². The molecule has 1 N–H and O–H groups in total. The maximum absolute atomic E-state index is 13.0. The number of rotatable bonds is 7. The highest BCUT2D eigenvalue weighted by molar-refractivity contribution is 7.91. The molecule has 0 aliphatic carbocycles. The number of furan rings is 1. The molecule has 0 spiro atoms. The van der Waals surface area contributed by atoms with Gasteiger partial charge in [-0.2, -0.15) is 4.98 Å². The van der Waals surface area contributed by atoms with E-state index in [0.29, 0.717) is 34.3 Å². The summed E-state index contributed by atoms with van der Waals surface area (Å²) in [6.07, 6.45) is 1.75. The summed E-state index contributed by atoms with van der Waals surface area (Å²) < 4.78 is 51.2. The molecule has 0 fully saturated rings. The Morgan fingerprint density at radius 3 is 2.55 bits per heavy atom. The molecule has 7 nitrogen and oxygen atoms in total. The van der Waals surface area contributed by atoms with E-state index in [1.165, 1.54) is 30.5 Å². The average molecular weight is 413 g/mol. The molecule has 0 amide bonds. The predicted molar refractivity (Wildman–Crippen MR) is 104 cm³/mol. The summed E-state index contributed by atoms with van der Waals surface area (Å²) in [7, 11) is -3.70. The van der Waals surface area contributed by atoms with Crippen LogP contribution in [-0.4, -0.2) is 18.6 Å². The Morgan fingerprint density at radius 2 is 1.79 bits per heavy atom. The normalized spacial score (nSPS) is 11.5. The summed E-state index contributed by atoms with van der Waals surface area (Å²) in [5.74, 6) is 0.428. The molecule has 29 heavy (non-hydrogen) atoms. The first-order valence-corrected chi connectivity index (χ1v) is 10.3. The van der Waals surface area contributed by atoms with Crippen LogP contribution in [0, 0.1) is 5.82 Å². The zero-order valence-corrected chi connectivity index (χ0v) is 15.9. The highest BCUT2D eigenvalue weighted by atomic mass is 32.2. The molecule has 0 aliphatic heterocycles. The molecule has 0 saturated heterocycles. The van der Waals surface area contributed by atoms with Crippen molar-refractivity contribution in [3.05, 3.63) is 89.8 Å². The minimum Gasteiger partial charge on any atom is -0.461 e. The van der Waals surface area contributed by atoms with Crippen molar-refractivity contribution in [2.75, 3.05) is 4.72 Å². The van der Waals surface area contributed by atoms with Gasteiger partial charge < -0.3 is 8.94 Å². The fraction of sp³-hybridized carbons (Fsp3) is 0.100. The van der Waals surface area contributed by atoms with Gasteiger partial charge in [0, 0.05) is 0 Å². The highest BCUT2D eigenvalue weighted by Crippen LogP contribution is 2.23. The SMILES string of the molecule is O=S(=O)(Cc1ccc(F)cc1)Nc1ccccc1Cc1nc(-c2ccco2)no1. The van der Waals surface area contributed by atoms with Crippen LogP contribution in [-0.2, 0) is 22.2 Å². The molecule has 0 atom stereocenters. The summed E-state index contributed by atoms with van der Waals surface area (Å²) in [6, 6.07) is 15.7. The second kappa shape index (κ2) is 7.88. The molecular formula is C20H16FN3O4S. The Labute approximate surface area is 166 Å². The second-order valence-electron chi connectivity index (χ2n) is 6.31. The number of hydrogen-bond acceptors (Lipinski definition) is 6. The fourth-order valence-corrected chi connectivity index (χ4v) is 4.01. The maximum atomic E-state index is 13.0. The van der Waals surface area contributed by atoms with Gasteiger partial charge in [-0.05, 0) is 41.5 Å². The summed E-state index contributed by atoms with van der Waals surface area (Å²) in [5, 5.41) is 3.87. The molecule has 2 heterocycles. The van der Waals surface area contributed by atoms with Gasteiger partial charge in [0.15, 0.2) is 5.76 Å². The first-order valence-electron chi connectivity index (χ1n) is 8.68. The van der Waals surface area contributed by atoms with Crippen LogP contribution in [0.25, 0.3) is 11.6 Å². The highest BCUT2D eigenvalue weighted by Gasteiger charge is 2.17. The minimum atomic E-state index is -3.70. The van der Waals surface area contributed by atoms with Crippen molar-refractivity contribution in [1.29, 1.82) is 0 Å². The van der Waals surface area contributed by atoms with Gasteiger partial charge in [-0.1, -0.05) is 35.5 Å². The standard InChI is InChI=1S/C20H16FN3O4S/c21-16-9-7-14(8-10-16)13-29(25,26)24-17-5-2-1-4-15(17)12-19-22-20(23-28-19)18-6-3-11-27-18/h1-11,24H,12-13H2. The number of nitrogens with one attached hydrogen (secondary N) is 1. The number of para-hydroxylation sites is 1. The minimum absolute atomic E-state index is 0.239. The molecule has 0 aliphatic rings. The molecule has 0 saturated carbocycles. The van der Waals surface area contributed by atoms with E-state index in [1.54, 1.807) is 36.4 Å². The third-order valence-corrected chi connectivity index (χ3v) is 5.35. The molecule has 148 valence electrons. The van der Waals surface area contributed by atoms with Crippen molar-refractivity contribution in [2.24, 2.45) is 0 Å². The summed E-state index contributed by atoms with van der Waals surface area (Å²) in [5.41, 5.74) is 1.56. The zero-order valence-electron chi connectivity index (χ0n) is 15.1. The van der Waals surface area contributed by atoms with Crippen LogP contribution in [0.1, 0.15) is 17.0 Å². The van der Waals surface area contributed by atoms with Crippen LogP contribution in [0.2, 0.25) is 0 Å². The van der Waals surface area contributed by atoms with Crippen LogP contribution >= 0.6 is 0 Å². The summed E-state index contributed by atoms with van der Waals surface area (Å²) in [6.45, 7) is 0. The summed E-state index contributed by atoms with van der Waals surface area (Å²) >= 11 is 0. The molecule has 4 aromatic rings. The van der Waals surface area contributed by atoms with Crippen molar-refractivity contribution in [2.45, 2.75) is 12.2 Å². The van der Waals surface area contributed by atoms with Gasteiger partial charge in [0.25, 0.3) is 0 Å². The Hall–Kier alpha value is -3.46. The third-order valence-electron chi connectivity index (χ3n) is 4.10. The number of nitrogens with zero attached hydrogens (tertiary/aromatic N) is 2. The molecule has 2 aromatic carbocycles. The number of benzene rings is 2. The topological polar surface area (TPSA) is 98.2 Å². The maximum Gasteiger partial charge on any atom is 0.238 e. The number of halogens is 1. The van der Waals surface area contributed by atoms with E-state index in [1.807, 2.05) is 0 Å². The second-order valence-corrected chi connectivity index (χ2v) is 8.03. The Bertz CT molecular complexity index is 1200. The molecular weight excluding hydrogens is 397 g/mol. The van der Waals surface area contributed by atoms with Crippen LogP contribution in [0.4, 0.5) is 10.1 Å². The Kier molecular flexibility index (Phi) is 5.13. The van der Waals surface area contributed by atoms with Gasteiger partial charge in [-0.15, -0.1) is 0 Å². The molecule has 0 unspecified atom stereocenters. The predicted octanol–water partition coefficient (Wildman–Crippen LogP) is 4.00. The van der Waals surface area contributed by atoms with Gasteiger partial charge in [0.1, 0.15) is 5.82 Å². The van der Waals surface area contributed by atoms with Crippen LogP contribution in [0.5, 0.6) is 0 Å². The number of anilines is 1. The van der Waals surface area contributed by atoms with E-state index >= 15 is 0 Å². The van der Waals surface area contributed by atoms with E-state index in [2.05, 4.69) is 14.9 Å². The Balaban J connectivity index is 1.51. The smallest absolute Gasteiger partial charge is 0.238 e. The van der Waals surface area contributed by atoms with E-state index in [9.17, 15) is 12.8 Å². The molecule has 4 rings (SSSR count). The largest absolute Gasteiger partial charge is 0.461 e. The van der Waals surface area contributed by atoms with Crippen molar-refractivity contribution in [3.63, 3.8) is 0 Å². The monoisotopic (exact) mass is 413 g/mol. The van der Waals surface area contributed by atoms with E-state index in [4.69, 9.17) is 8.94 Å². The lowest BCUT2D eigenvalue weighted by Gasteiger charge is -2.11. The molecule has 0 radical (unpaired) electrons. The Morgan fingerprint density at radius 1 is 1.00 bits per heavy atom. The van der Waals surface area contributed by atoms with Gasteiger partial charge in [-0.25, -0.2) is 12.8 Å². The van der Waals surface area contributed by atoms with E-state index < -0.39 is 15.8 Å². The molecule has 0 bridgehead atoms. The lowest BCUT2D eigenvalue weighted by molar-refractivity contribution is 0.384. The van der Waals surface area contributed by atoms with Crippen LogP contribution in [0.15, 0.2) is 75.9 Å². The van der Waals surface area contributed by atoms with Crippen LogP contribution < -0.4 is 4.72 Å². The lowest BCUT2D eigenvalue weighted by Crippen LogP contribution is -2.16. The molecule has 2 aromatic heterocycles. The van der Waals surface area contributed by atoms with Gasteiger partial charge in [0.2, 0.25) is 21.7 Å². The lowest BCUT2D eigenvalue weighted by atomic mass is 10.1. The van der Waals surface area contributed by atoms with Crippen molar-refractivity contribution < 1.29 is 21.7 Å². The number of aromatic nitrogens is 2. The number of sulfonamides is 1. The van der Waals surface area contributed by atoms with Crippen LogP contribution in [0.3, 0.4) is 0 Å². The summed E-state index contributed by atoms with van der Waals surface area (Å²) in [4.78, 5) is 4.28. The van der Waals surface area contributed by atoms with Crippen molar-refractivity contribution in [3.8, 4) is 11.6 Å². The third kappa shape index (κ3) is 4.69. The van der Waals surface area contributed by atoms with Crippen molar-refractivity contribution in [1.82, 2.24) is 10.1 Å². The number of hydrogen-bond donors (Lipinski definition) is 1. The zero-order chi connectivity index (χ0) is 20.3. The quantitative estimate of drug-likeness (QED) is 0.492. The van der Waals surface area contributed by atoms with E-state index in [0.717, 1.165) is 0 Å². The fourth-order valence-electron chi connectivity index (χ4n) is 2.77. The van der Waals surface area contributed by atoms with Crippen molar-refractivity contribution >= 4 is 15.7 Å². The first-order chi connectivity index (χ1) is 14.0. The van der Waals surface area contributed by atoms with E-state index in [-0.39, 0.29) is 12.2 Å². The van der Waals surface area contributed by atoms with Gasteiger partial charge in [-0.3, -0.25) is 4.72 Å². The first kappa shape index (κ1) is 18.9. The molecule has 9 heteroatoms. The average Bonchev–Trinajstić information content (AvgIpc) is 3.36.